The molecular formula is C17H17BrSi. The van der Waals surface area contributed by atoms with Crippen LogP contribution >= 0.6 is 15.9 Å². The van der Waals surface area contributed by atoms with E-state index >= 15 is 0 Å². The molecule has 0 aliphatic carbocycles. The molecule has 96 valence electrons. The second-order valence-corrected chi connectivity index (χ2v) is 11.6. The van der Waals surface area contributed by atoms with Crippen molar-refractivity contribution < 1.29 is 0 Å². The van der Waals surface area contributed by atoms with Gasteiger partial charge in [0.2, 0.25) is 0 Å². The maximum Gasteiger partial charge on any atom is 0.0775 e. The maximum absolute atomic E-state index is 3.46. The van der Waals surface area contributed by atoms with Gasteiger partial charge in [0.15, 0.2) is 0 Å². The van der Waals surface area contributed by atoms with Crippen molar-refractivity contribution in [1.29, 1.82) is 0 Å². The zero-order chi connectivity index (χ0) is 13.9. The van der Waals surface area contributed by atoms with E-state index < -0.39 is 8.07 Å². The monoisotopic (exact) mass is 328 g/mol. The molecule has 0 nitrogen and oxygen atoms in total. The van der Waals surface area contributed by atoms with Gasteiger partial charge in [-0.2, -0.15) is 0 Å². The summed E-state index contributed by atoms with van der Waals surface area (Å²) in [6, 6.07) is 16.7. The van der Waals surface area contributed by atoms with Crippen molar-refractivity contribution in [2.45, 2.75) is 19.6 Å². The SMILES string of the molecule is C[Si](C)(C)c1ccc(C#Cc2cccc(Br)c2)cc1. The average molecular weight is 329 g/mol. The van der Waals surface area contributed by atoms with Crippen LogP contribution < -0.4 is 5.19 Å². The van der Waals surface area contributed by atoms with E-state index in [1.165, 1.54) is 5.19 Å². The quantitative estimate of drug-likeness (QED) is 0.537. The zero-order valence-electron chi connectivity index (χ0n) is 11.5. The van der Waals surface area contributed by atoms with Crippen LogP contribution in [0.2, 0.25) is 19.6 Å². The van der Waals surface area contributed by atoms with Crippen LogP contribution in [-0.4, -0.2) is 8.07 Å². The van der Waals surface area contributed by atoms with Crippen molar-refractivity contribution in [2.75, 3.05) is 0 Å². The average Bonchev–Trinajstić information content (AvgIpc) is 2.36. The van der Waals surface area contributed by atoms with Gasteiger partial charge in [-0.3, -0.25) is 0 Å². The van der Waals surface area contributed by atoms with Crippen molar-refractivity contribution >= 4 is 29.2 Å². The van der Waals surface area contributed by atoms with Crippen LogP contribution in [0.15, 0.2) is 53.0 Å². The molecule has 0 heterocycles. The Kier molecular flexibility index (Phi) is 4.29. The highest BCUT2D eigenvalue weighted by atomic mass is 79.9. The third-order valence-electron chi connectivity index (χ3n) is 2.93. The molecule has 0 unspecified atom stereocenters. The molecule has 0 amide bonds. The van der Waals surface area contributed by atoms with Crippen molar-refractivity contribution in [3.8, 4) is 11.8 Å². The minimum Gasteiger partial charge on any atom is -0.0656 e. The molecule has 0 saturated heterocycles. The molecule has 0 aliphatic heterocycles. The number of hydrogen-bond donors (Lipinski definition) is 0. The first-order valence-electron chi connectivity index (χ1n) is 6.33. The Hall–Kier alpha value is -1.30. The second kappa shape index (κ2) is 5.77. The first-order valence-corrected chi connectivity index (χ1v) is 10.6. The summed E-state index contributed by atoms with van der Waals surface area (Å²) in [5.41, 5.74) is 2.10. The summed E-state index contributed by atoms with van der Waals surface area (Å²) in [5.74, 6) is 6.40. The van der Waals surface area contributed by atoms with E-state index in [-0.39, 0.29) is 0 Å². The van der Waals surface area contributed by atoms with Crippen LogP contribution in [0.3, 0.4) is 0 Å². The Balaban J connectivity index is 2.21. The molecule has 0 fully saturated rings. The third kappa shape index (κ3) is 4.09. The largest absolute Gasteiger partial charge is 0.0775 e. The fourth-order valence-corrected chi connectivity index (χ4v) is 3.33. The van der Waals surface area contributed by atoms with E-state index in [9.17, 15) is 0 Å². The molecule has 0 aromatic heterocycles. The Morgan fingerprint density at radius 1 is 0.842 bits per heavy atom. The first kappa shape index (κ1) is 14.1. The Morgan fingerprint density at radius 3 is 2.05 bits per heavy atom. The highest BCUT2D eigenvalue weighted by molar-refractivity contribution is 9.10. The van der Waals surface area contributed by atoms with E-state index in [2.05, 4.69) is 71.7 Å². The lowest BCUT2D eigenvalue weighted by Crippen LogP contribution is -2.37. The lowest BCUT2D eigenvalue weighted by molar-refractivity contribution is 1.59. The molecule has 2 aromatic carbocycles. The van der Waals surface area contributed by atoms with Gasteiger partial charge in [0.1, 0.15) is 0 Å². The molecule has 0 N–H and O–H groups in total. The first-order chi connectivity index (χ1) is 8.95. The van der Waals surface area contributed by atoms with Crippen molar-refractivity contribution in [3.05, 3.63) is 64.1 Å². The molecule has 2 aromatic rings. The van der Waals surface area contributed by atoms with Crippen LogP contribution in [0.5, 0.6) is 0 Å². The highest BCUT2D eigenvalue weighted by Crippen LogP contribution is 2.11. The van der Waals surface area contributed by atoms with Gasteiger partial charge < -0.3 is 0 Å². The fourth-order valence-electron chi connectivity index (χ4n) is 1.76. The molecule has 0 radical (unpaired) electrons. The molecular weight excluding hydrogens is 312 g/mol. The molecule has 0 saturated carbocycles. The van der Waals surface area contributed by atoms with Gasteiger partial charge in [-0.1, -0.05) is 70.8 Å². The number of rotatable bonds is 1. The van der Waals surface area contributed by atoms with Gasteiger partial charge in [0.05, 0.1) is 8.07 Å². The van der Waals surface area contributed by atoms with Crippen molar-refractivity contribution in [2.24, 2.45) is 0 Å². The summed E-state index contributed by atoms with van der Waals surface area (Å²) in [4.78, 5) is 0. The predicted octanol–water partition coefficient (Wildman–Crippen LogP) is 4.39. The maximum atomic E-state index is 3.46. The van der Waals surface area contributed by atoms with Crippen molar-refractivity contribution in [1.82, 2.24) is 0 Å². The van der Waals surface area contributed by atoms with E-state index in [1.807, 2.05) is 24.3 Å². The van der Waals surface area contributed by atoms with Crippen LogP contribution in [0.4, 0.5) is 0 Å². The van der Waals surface area contributed by atoms with Gasteiger partial charge in [0, 0.05) is 15.6 Å². The van der Waals surface area contributed by atoms with Crippen LogP contribution in [0.25, 0.3) is 0 Å². The molecule has 2 rings (SSSR count). The van der Waals surface area contributed by atoms with E-state index in [1.54, 1.807) is 0 Å². The molecule has 0 atom stereocenters. The normalized spacial score (nSPS) is 10.7. The summed E-state index contributed by atoms with van der Waals surface area (Å²) in [7, 11) is -1.20. The lowest BCUT2D eigenvalue weighted by Gasteiger charge is -2.15. The number of hydrogen-bond acceptors (Lipinski definition) is 0. The van der Waals surface area contributed by atoms with Crippen LogP contribution in [-0.2, 0) is 0 Å². The predicted molar refractivity (Wildman–Crippen MR) is 89.5 cm³/mol. The summed E-state index contributed by atoms with van der Waals surface area (Å²) < 4.78 is 1.06. The summed E-state index contributed by atoms with van der Waals surface area (Å²) in [6.45, 7) is 7.07. The number of halogens is 1. The third-order valence-corrected chi connectivity index (χ3v) is 5.49. The Bertz CT molecular complexity index is 625. The van der Waals surface area contributed by atoms with Gasteiger partial charge in [-0.25, -0.2) is 0 Å². The second-order valence-electron chi connectivity index (χ2n) is 5.59. The number of benzene rings is 2. The standard InChI is InChI=1S/C17H17BrSi/c1-19(2,3)17-11-9-14(10-12-17)7-8-15-5-4-6-16(18)13-15/h4-6,9-13H,1-3H3. The molecule has 0 bridgehead atoms. The summed E-state index contributed by atoms with van der Waals surface area (Å²) >= 11 is 3.46. The van der Waals surface area contributed by atoms with Gasteiger partial charge >= 0.3 is 0 Å². The fraction of sp³-hybridized carbons (Fsp3) is 0.176. The van der Waals surface area contributed by atoms with Gasteiger partial charge in [-0.05, 0) is 30.3 Å². The minimum absolute atomic E-state index is 1.03. The van der Waals surface area contributed by atoms with E-state index in [4.69, 9.17) is 0 Å². The highest BCUT2D eigenvalue weighted by Gasteiger charge is 2.15. The molecule has 0 spiro atoms. The van der Waals surface area contributed by atoms with Crippen LogP contribution in [0.1, 0.15) is 11.1 Å². The smallest absolute Gasteiger partial charge is 0.0656 e. The minimum atomic E-state index is -1.20. The van der Waals surface area contributed by atoms with E-state index in [0.717, 1.165) is 15.6 Å². The molecule has 0 aliphatic rings. The van der Waals surface area contributed by atoms with Gasteiger partial charge in [-0.15, -0.1) is 0 Å². The summed E-state index contributed by atoms with van der Waals surface area (Å²) in [6.07, 6.45) is 0. The van der Waals surface area contributed by atoms with Gasteiger partial charge in [0.25, 0.3) is 0 Å². The van der Waals surface area contributed by atoms with E-state index in [0.29, 0.717) is 0 Å². The topological polar surface area (TPSA) is 0 Å². The lowest BCUT2D eigenvalue weighted by atomic mass is 10.2. The molecule has 19 heavy (non-hydrogen) atoms. The Labute approximate surface area is 125 Å². The van der Waals surface area contributed by atoms with Crippen LogP contribution in [0, 0.1) is 11.8 Å². The van der Waals surface area contributed by atoms with Crippen molar-refractivity contribution in [3.63, 3.8) is 0 Å². The zero-order valence-corrected chi connectivity index (χ0v) is 14.1. The Morgan fingerprint density at radius 2 is 1.47 bits per heavy atom. The molecule has 2 heteroatoms. The summed E-state index contributed by atoms with van der Waals surface area (Å²) in [5, 5.41) is 1.47.